The maximum Gasteiger partial charge on any atom is 0.236 e. The normalized spacial score (nSPS) is 20.3. The second kappa shape index (κ2) is 7.99. The van der Waals surface area contributed by atoms with Gasteiger partial charge in [-0.2, -0.15) is 5.10 Å². The Kier molecular flexibility index (Phi) is 5.53. The second-order valence-electron chi connectivity index (χ2n) is 9.38. The lowest BCUT2D eigenvalue weighted by molar-refractivity contribution is -0.121. The molecule has 2 heterocycles. The highest BCUT2D eigenvalue weighted by Gasteiger charge is 2.42. The van der Waals surface area contributed by atoms with Gasteiger partial charge in [0.15, 0.2) is 11.6 Å². The third-order valence-corrected chi connectivity index (χ3v) is 6.43. The van der Waals surface area contributed by atoms with E-state index in [1.807, 2.05) is 20.9 Å². The average molecular weight is 408 g/mol. The number of likely N-dealkylation sites (N-methyl/N-ethyl adjacent to an activating group) is 1. The summed E-state index contributed by atoms with van der Waals surface area (Å²) >= 11 is 0. The maximum absolute atomic E-state index is 12.7. The Bertz CT molecular complexity index is 972. The fraction of sp³-hybridized carbons (Fsp3) is 0.542. The first kappa shape index (κ1) is 20.8. The van der Waals surface area contributed by atoms with Crippen molar-refractivity contribution in [2.24, 2.45) is 0 Å². The van der Waals surface area contributed by atoms with E-state index < -0.39 is 5.41 Å². The molecule has 1 aliphatic heterocycles. The van der Waals surface area contributed by atoms with E-state index in [0.717, 1.165) is 67.2 Å². The average Bonchev–Trinajstić information content (AvgIpc) is 3.23. The van der Waals surface area contributed by atoms with Crippen LogP contribution in [0.1, 0.15) is 56.8 Å². The Hall–Kier alpha value is -2.47. The molecule has 1 aliphatic carbocycles. The molecular formula is C24H33N5O. The zero-order chi connectivity index (χ0) is 21.5. The van der Waals surface area contributed by atoms with Gasteiger partial charge in [-0.05, 0) is 83.9 Å². The standard InChI is InChI=1S/C24H33N5O/c1-24(2)19-16-18(12-13-20(19)28(5)23(24)30)22-25-21(17-10-7-6-8-11-17)26-29(22)15-9-14-27(3)4/h6-7,12-13,16-17H,8-11,14-15H2,1-5H3. The van der Waals surface area contributed by atoms with Crippen molar-refractivity contribution in [1.82, 2.24) is 19.7 Å². The second-order valence-corrected chi connectivity index (χ2v) is 9.38. The number of allylic oxidation sites excluding steroid dienone is 2. The zero-order valence-electron chi connectivity index (χ0n) is 18.9. The van der Waals surface area contributed by atoms with Crippen molar-refractivity contribution in [3.05, 3.63) is 41.7 Å². The molecular weight excluding hydrogens is 374 g/mol. The van der Waals surface area contributed by atoms with Crippen LogP contribution < -0.4 is 4.90 Å². The van der Waals surface area contributed by atoms with Crippen molar-refractivity contribution in [3.63, 3.8) is 0 Å². The molecule has 0 N–H and O–H groups in total. The molecule has 0 bridgehead atoms. The lowest BCUT2D eigenvalue weighted by Gasteiger charge is -2.16. The number of anilines is 1. The van der Waals surface area contributed by atoms with Gasteiger partial charge in [0, 0.05) is 30.8 Å². The molecule has 0 spiro atoms. The number of carbonyl (C=O) groups is 1. The zero-order valence-corrected chi connectivity index (χ0v) is 18.9. The van der Waals surface area contributed by atoms with Crippen molar-refractivity contribution < 1.29 is 4.79 Å². The summed E-state index contributed by atoms with van der Waals surface area (Å²) in [5.74, 6) is 2.39. The summed E-state index contributed by atoms with van der Waals surface area (Å²) in [5, 5.41) is 4.94. The van der Waals surface area contributed by atoms with Crippen LogP contribution in [0.5, 0.6) is 0 Å². The van der Waals surface area contributed by atoms with Crippen LogP contribution in [0.15, 0.2) is 30.4 Å². The van der Waals surface area contributed by atoms with Crippen LogP contribution >= 0.6 is 0 Å². The first-order chi connectivity index (χ1) is 14.3. The van der Waals surface area contributed by atoms with Gasteiger partial charge in [0.25, 0.3) is 0 Å². The number of rotatable bonds is 6. The van der Waals surface area contributed by atoms with Gasteiger partial charge in [0.1, 0.15) is 0 Å². The summed E-state index contributed by atoms with van der Waals surface area (Å²) in [6.07, 6.45) is 8.73. The number of nitrogens with zero attached hydrogens (tertiary/aromatic N) is 5. The number of carbonyl (C=O) groups excluding carboxylic acids is 1. The monoisotopic (exact) mass is 407 g/mol. The summed E-state index contributed by atoms with van der Waals surface area (Å²) in [6, 6.07) is 6.29. The van der Waals surface area contributed by atoms with E-state index in [9.17, 15) is 4.79 Å². The summed E-state index contributed by atoms with van der Waals surface area (Å²) in [5.41, 5.74) is 2.58. The molecule has 6 heteroatoms. The van der Waals surface area contributed by atoms with Gasteiger partial charge in [-0.3, -0.25) is 4.79 Å². The summed E-state index contributed by atoms with van der Waals surface area (Å²) in [7, 11) is 6.05. The minimum atomic E-state index is -0.521. The van der Waals surface area contributed by atoms with Gasteiger partial charge in [0.05, 0.1) is 5.41 Å². The highest BCUT2D eigenvalue weighted by molar-refractivity contribution is 6.07. The van der Waals surface area contributed by atoms with Gasteiger partial charge in [-0.25, -0.2) is 9.67 Å². The summed E-state index contributed by atoms with van der Waals surface area (Å²) < 4.78 is 2.08. The molecule has 1 atom stereocenters. The number of hydrogen-bond donors (Lipinski definition) is 0. The lowest BCUT2D eigenvalue weighted by atomic mass is 9.85. The number of benzene rings is 1. The molecule has 1 aromatic heterocycles. The predicted octanol–water partition coefficient (Wildman–Crippen LogP) is 3.97. The fourth-order valence-corrected chi connectivity index (χ4v) is 4.58. The van der Waals surface area contributed by atoms with Crippen LogP contribution in [0.3, 0.4) is 0 Å². The molecule has 30 heavy (non-hydrogen) atoms. The highest BCUT2D eigenvalue weighted by atomic mass is 16.2. The largest absolute Gasteiger partial charge is 0.314 e. The van der Waals surface area contributed by atoms with E-state index in [0.29, 0.717) is 5.92 Å². The number of amides is 1. The number of fused-ring (bicyclic) bond motifs is 1. The topological polar surface area (TPSA) is 54.3 Å². The minimum Gasteiger partial charge on any atom is -0.314 e. The smallest absolute Gasteiger partial charge is 0.236 e. The van der Waals surface area contributed by atoms with E-state index in [2.05, 4.69) is 54.0 Å². The van der Waals surface area contributed by atoms with Crippen LogP contribution in [-0.4, -0.2) is 53.3 Å². The van der Waals surface area contributed by atoms with E-state index in [-0.39, 0.29) is 5.91 Å². The highest BCUT2D eigenvalue weighted by Crippen LogP contribution is 2.42. The Morgan fingerprint density at radius 1 is 1.23 bits per heavy atom. The van der Waals surface area contributed by atoms with Crippen LogP contribution in [-0.2, 0) is 16.8 Å². The molecule has 1 aromatic carbocycles. The minimum absolute atomic E-state index is 0.136. The Labute approximate surface area is 179 Å². The van der Waals surface area contributed by atoms with Gasteiger partial charge < -0.3 is 9.80 Å². The van der Waals surface area contributed by atoms with E-state index in [1.54, 1.807) is 4.90 Å². The van der Waals surface area contributed by atoms with Gasteiger partial charge in [-0.15, -0.1) is 0 Å². The molecule has 0 saturated carbocycles. The number of aromatic nitrogens is 3. The van der Waals surface area contributed by atoms with Gasteiger partial charge >= 0.3 is 0 Å². The van der Waals surface area contributed by atoms with Gasteiger partial charge in [0.2, 0.25) is 5.91 Å². The van der Waals surface area contributed by atoms with Crippen LogP contribution in [0.4, 0.5) is 5.69 Å². The molecule has 6 nitrogen and oxygen atoms in total. The quantitative estimate of drug-likeness (QED) is 0.680. The maximum atomic E-state index is 12.7. The van der Waals surface area contributed by atoms with Crippen molar-refractivity contribution >= 4 is 11.6 Å². The lowest BCUT2D eigenvalue weighted by Crippen LogP contribution is -2.33. The molecule has 2 aliphatic rings. The van der Waals surface area contributed by atoms with E-state index >= 15 is 0 Å². The van der Waals surface area contributed by atoms with Crippen molar-refractivity contribution in [3.8, 4) is 11.4 Å². The first-order valence-corrected chi connectivity index (χ1v) is 11.0. The van der Waals surface area contributed by atoms with E-state index in [1.165, 1.54) is 0 Å². The Morgan fingerprint density at radius 3 is 2.73 bits per heavy atom. The molecule has 160 valence electrons. The van der Waals surface area contributed by atoms with Crippen LogP contribution in [0, 0.1) is 0 Å². The number of aryl methyl sites for hydroxylation is 1. The van der Waals surface area contributed by atoms with Crippen LogP contribution in [0.25, 0.3) is 11.4 Å². The summed E-state index contributed by atoms with van der Waals surface area (Å²) in [6.45, 7) is 5.85. The third kappa shape index (κ3) is 3.69. The van der Waals surface area contributed by atoms with Crippen molar-refractivity contribution in [2.75, 3.05) is 32.6 Å². The van der Waals surface area contributed by atoms with Gasteiger partial charge in [-0.1, -0.05) is 12.2 Å². The van der Waals surface area contributed by atoms with E-state index in [4.69, 9.17) is 10.1 Å². The fourth-order valence-electron chi connectivity index (χ4n) is 4.58. The Balaban J connectivity index is 1.72. The van der Waals surface area contributed by atoms with Crippen molar-refractivity contribution in [1.29, 1.82) is 0 Å². The molecule has 0 radical (unpaired) electrons. The molecule has 0 saturated heterocycles. The third-order valence-electron chi connectivity index (χ3n) is 6.43. The molecule has 0 fully saturated rings. The van der Waals surface area contributed by atoms with Crippen LogP contribution in [0.2, 0.25) is 0 Å². The van der Waals surface area contributed by atoms with Crippen molar-refractivity contribution in [2.45, 2.75) is 57.4 Å². The Morgan fingerprint density at radius 2 is 2.03 bits per heavy atom. The molecule has 1 amide bonds. The SMILES string of the molecule is CN(C)CCCn1nc(C2CC=CCC2)nc1-c1ccc2c(c1)C(C)(C)C(=O)N2C. The summed E-state index contributed by atoms with van der Waals surface area (Å²) in [4.78, 5) is 21.7. The molecule has 4 rings (SSSR count). The molecule has 1 unspecified atom stereocenters. The predicted molar refractivity (Wildman–Crippen MR) is 121 cm³/mol. The number of hydrogen-bond acceptors (Lipinski definition) is 4. The first-order valence-electron chi connectivity index (χ1n) is 11.0. The molecule has 2 aromatic rings.